The van der Waals surface area contributed by atoms with E-state index in [1.807, 2.05) is 24.4 Å². The first kappa shape index (κ1) is 23.0. The van der Waals surface area contributed by atoms with Gasteiger partial charge in [0.05, 0.1) is 12.7 Å². The number of aromatic amines is 1. The molecule has 1 aliphatic rings. The van der Waals surface area contributed by atoms with Gasteiger partial charge in [0.1, 0.15) is 5.75 Å². The van der Waals surface area contributed by atoms with Crippen molar-refractivity contribution < 1.29 is 14.6 Å². The van der Waals surface area contributed by atoms with Gasteiger partial charge in [-0.1, -0.05) is 0 Å². The minimum atomic E-state index is -0.889. The number of anilines is 1. The van der Waals surface area contributed by atoms with Crippen molar-refractivity contribution in [3.05, 3.63) is 59.8 Å². The van der Waals surface area contributed by atoms with Gasteiger partial charge in [-0.15, -0.1) is 11.6 Å². The number of nitrogens with zero attached hydrogens (tertiary/aromatic N) is 1. The molecule has 0 unspecified atom stereocenters. The monoisotopic (exact) mass is 443 g/mol. The highest BCUT2D eigenvalue weighted by Crippen LogP contribution is 2.22. The van der Waals surface area contributed by atoms with Gasteiger partial charge in [0.15, 0.2) is 0 Å². The first-order valence-electron chi connectivity index (χ1n) is 10.6. The Balaban J connectivity index is 0.000000179. The molecule has 3 aromatic rings. The summed E-state index contributed by atoms with van der Waals surface area (Å²) in [5.74, 6) is 0.701. The summed E-state index contributed by atoms with van der Waals surface area (Å²) in [7, 11) is 1.69. The minimum absolute atomic E-state index is 0.329. The maximum absolute atomic E-state index is 10.9. The van der Waals surface area contributed by atoms with Crippen molar-refractivity contribution in [3.63, 3.8) is 0 Å². The molecule has 1 fully saturated rings. The maximum atomic E-state index is 10.9. The molecule has 31 heavy (non-hydrogen) atoms. The zero-order chi connectivity index (χ0) is 22.1. The number of piperazine rings is 1. The summed E-state index contributed by atoms with van der Waals surface area (Å²) in [4.78, 5) is 16.5. The van der Waals surface area contributed by atoms with E-state index >= 15 is 0 Å². The normalized spacial score (nSPS) is 13.5. The van der Waals surface area contributed by atoms with Crippen molar-refractivity contribution in [2.45, 2.75) is 19.3 Å². The van der Waals surface area contributed by atoms with Crippen LogP contribution in [0.25, 0.3) is 10.9 Å². The van der Waals surface area contributed by atoms with Crippen molar-refractivity contribution in [1.82, 2.24) is 10.3 Å². The number of rotatable bonds is 7. The summed E-state index contributed by atoms with van der Waals surface area (Å²) in [5.41, 5.74) is 3.76. The van der Waals surface area contributed by atoms with Gasteiger partial charge in [-0.2, -0.15) is 0 Å². The molecule has 0 spiro atoms. The predicted octanol–water partition coefficient (Wildman–Crippen LogP) is 4.53. The van der Waals surface area contributed by atoms with Crippen molar-refractivity contribution in [2.75, 3.05) is 44.1 Å². The lowest BCUT2D eigenvalue weighted by Gasteiger charge is -2.29. The SMILES string of the molecule is COc1ccc(N2CCNCC2)cc1.O=C(O)c1ccc2[nH]cc(CCCCCl)c2c1. The van der Waals surface area contributed by atoms with Crippen LogP contribution >= 0.6 is 11.6 Å². The summed E-state index contributed by atoms with van der Waals surface area (Å²) in [6.45, 7) is 4.33. The highest BCUT2D eigenvalue weighted by atomic mass is 35.5. The van der Waals surface area contributed by atoms with Crippen LogP contribution in [0.3, 0.4) is 0 Å². The van der Waals surface area contributed by atoms with Crippen molar-refractivity contribution in [2.24, 2.45) is 0 Å². The number of aromatic nitrogens is 1. The second-order valence-corrected chi connectivity index (χ2v) is 7.84. The van der Waals surface area contributed by atoms with Crippen molar-refractivity contribution in [3.8, 4) is 5.75 Å². The number of hydrogen-bond donors (Lipinski definition) is 3. The Bertz CT molecular complexity index is 966. The molecule has 0 aliphatic carbocycles. The van der Waals surface area contributed by atoms with Gasteiger partial charge in [-0.3, -0.25) is 0 Å². The van der Waals surface area contributed by atoms with Crippen LogP contribution < -0.4 is 15.0 Å². The molecular weight excluding hydrogens is 414 g/mol. The van der Waals surface area contributed by atoms with Crippen molar-refractivity contribution >= 4 is 34.2 Å². The van der Waals surface area contributed by atoms with E-state index < -0.39 is 5.97 Å². The van der Waals surface area contributed by atoms with E-state index in [0.29, 0.717) is 11.4 Å². The third-order valence-electron chi connectivity index (χ3n) is 5.40. The number of methoxy groups -OCH3 is 1. The largest absolute Gasteiger partial charge is 0.497 e. The quantitative estimate of drug-likeness (QED) is 0.369. The van der Waals surface area contributed by atoms with E-state index in [1.165, 1.54) is 5.69 Å². The van der Waals surface area contributed by atoms with E-state index in [4.69, 9.17) is 21.4 Å². The Hall–Kier alpha value is -2.70. The van der Waals surface area contributed by atoms with E-state index in [1.54, 1.807) is 19.2 Å². The third-order valence-corrected chi connectivity index (χ3v) is 5.67. The van der Waals surface area contributed by atoms with Gasteiger partial charge < -0.3 is 25.0 Å². The minimum Gasteiger partial charge on any atom is -0.497 e. The summed E-state index contributed by atoms with van der Waals surface area (Å²) in [5, 5.41) is 13.3. The lowest BCUT2D eigenvalue weighted by atomic mass is 10.1. The van der Waals surface area contributed by atoms with Gasteiger partial charge >= 0.3 is 5.97 Å². The van der Waals surface area contributed by atoms with Gasteiger partial charge in [-0.05, 0) is 67.3 Å². The number of aromatic carboxylic acids is 1. The number of hydrogen-bond acceptors (Lipinski definition) is 4. The lowest BCUT2D eigenvalue weighted by Crippen LogP contribution is -2.43. The summed E-state index contributed by atoms with van der Waals surface area (Å²) < 4.78 is 5.13. The van der Waals surface area contributed by atoms with E-state index in [2.05, 4.69) is 27.3 Å². The number of nitrogens with one attached hydrogen (secondary N) is 2. The zero-order valence-electron chi connectivity index (χ0n) is 17.9. The maximum Gasteiger partial charge on any atom is 0.335 e. The molecule has 2 heterocycles. The first-order valence-corrected chi connectivity index (χ1v) is 11.1. The number of benzene rings is 2. The zero-order valence-corrected chi connectivity index (χ0v) is 18.6. The molecule has 6 nitrogen and oxygen atoms in total. The molecule has 4 rings (SSSR count). The average Bonchev–Trinajstić information content (AvgIpc) is 3.22. The fourth-order valence-corrected chi connectivity index (χ4v) is 3.83. The van der Waals surface area contributed by atoms with E-state index in [-0.39, 0.29) is 0 Å². The summed E-state index contributed by atoms with van der Waals surface area (Å²) >= 11 is 5.64. The molecule has 2 aromatic carbocycles. The molecule has 0 amide bonds. The van der Waals surface area contributed by atoms with Crippen molar-refractivity contribution in [1.29, 1.82) is 0 Å². The Labute approximate surface area is 188 Å². The van der Waals surface area contributed by atoms with Crippen LogP contribution in [0, 0.1) is 0 Å². The number of unbranched alkanes of at least 4 members (excludes halogenated alkanes) is 1. The third kappa shape index (κ3) is 6.39. The van der Waals surface area contributed by atoms with Gasteiger partial charge in [0, 0.05) is 54.8 Å². The topological polar surface area (TPSA) is 77.6 Å². The fourth-order valence-electron chi connectivity index (χ4n) is 3.64. The molecule has 0 bridgehead atoms. The molecular formula is C24H30ClN3O3. The number of carboxylic acids is 1. The van der Waals surface area contributed by atoms with Crippen LogP contribution in [0.2, 0.25) is 0 Å². The van der Waals surface area contributed by atoms with Crippen LogP contribution in [-0.2, 0) is 6.42 Å². The molecule has 1 aromatic heterocycles. The molecule has 0 atom stereocenters. The van der Waals surface area contributed by atoms with E-state index in [9.17, 15) is 4.79 Å². The Morgan fingerprint density at radius 1 is 1.13 bits per heavy atom. The average molecular weight is 444 g/mol. The van der Waals surface area contributed by atoms with E-state index in [0.717, 1.165) is 67.7 Å². The Morgan fingerprint density at radius 2 is 1.87 bits per heavy atom. The van der Waals surface area contributed by atoms with Gasteiger partial charge in [-0.25, -0.2) is 4.79 Å². The number of ether oxygens (including phenoxy) is 1. The second-order valence-electron chi connectivity index (χ2n) is 7.46. The molecule has 166 valence electrons. The number of alkyl halides is 1. The highest BCUT2D eigenvalue weighted by molar-refractivity contribution is 6.17. The molecule has 3 N–H and O–H groups in total. The second kappa shape index (κ2) is 11.6. The van der Waals surface area contributed by atoms with Crippen LogP contribution in [0.1, 0.15) is 28.8 Å². The van der Waals surface area contributed by atoms with Gasteiger partial charge in [0.25, 0.3) is 0 Å². The van der Waals surface area contributed by atoms with Crippen LogP contribution in [0.5, 0.6) is 5.75 Å². The van der Waals surface area contributed by atoms with Gasteiger partial charge in [0.2, 0.25) is 0 Å². The Kier molecular flexibility index (Phi) is 8.62. The number of H-pyrrole nitrogens is 1. The van der Waals surface area contributed by atoms with Crippen LogP contribution in [0.15, 0.2) is 48.7 Å². The van der Waals surface area contributed by atoms with Crippen LogP contribution in [-0.4, -0.2) is 55.2 Å². The smallest absolute Gasteiger partial charge is 0.335 e. The predicted molar refractivity (Wildman–Crippen MR) is 127 cm³/mol. The summed E-state index contributed by atoms with van der Waals surface area (Å²) in [6.07, 6.45) is 4.88. The highest BCUT2D eigenvalue weighted by Gasteiger charge is 2.10. The Morgan fingerprint density at radius 3 is 2.52 bits per heavy atom. The number of carbonyl (C=O) groups is 1. The lowest BCUT2D eigenvalue weighted by molar-refractivity contribution is 0.0697. The molecule has 1 aliphatic heterocycles. The first-order chi connectivity index (χ1) is 15.1. The van der Waals surface area contributed by atoms with Crippen LogP contribution in [0.4, 0.5) is 5.69 Å². The number of halogens is 1. The molecule has 0 radical (unpaired) electrons. The molecule has 7 heteroatoms. The number of carboxylic acid groups (broad SMARTS) is 1. The fraction of sp³-hybridized carbons (Fsp3) is 0.375. The number of aryl methyl sites for hydroxylation is 1. The summed E-state index contributed by atoms with van der Waals surface area (Å²) in [6, 6.07) is 13.4. The standard InChI is InChI=1S/C13H14ClNO2.C11H16N2O/c14-6-2-1-3-10-8-15-12-5-4-9(13(16)17)7-11(10)12;1-14-11-4-2-10(3-5-11)13-8-6-12-7-9-13/h4-5,7-8,15H,1-3,6H2,(H,16,17);2-5,12H,6-9H2,1H3. The number of fused-ring (bicyclic) bond motifs is 1. The molecule has 1 saturated heterocycles. The molecule has 0 saturated carbocycles.